The molecule has 1 N–H and O–H groups in total. The smallest absolute Gasteiger partial charge is 0.0670 e. The van der Waals surface area contributed by atoms with E-state index in [4.69, 9.17) is 16.3 Å². The second kappa shape index (κ2) is 6.18. The summed E-state index contributed by atoms with van der Waals surface area (Å²) in [6, 6.07) is 6.72. The first-order valence-corrected chi connectivity index (χ1v) is 8.68. The van der Waals surface area contributed by atoms with Gasteiger partial charge in [-0.3, -0.25) is 0 Å². The number of benzene rings is 1. The molecule has 1 spiro atoms. The minimum absolute atomic E-state index is 0.335. The number of halogens is 1. The summed E-state index contributed by atoms with van der Waals surface area (Å²) in [4.78, 5) is 0. The summed E-state index contributed by atoms with van der Waals surface area (Å²) in [5, 5.41) is 4.55. The molecule has 116 valence electrons. The fourth-order valence-corrected chi connectivity index (χ4v) is 4.38. The summed E-state index contributed by atoms with van der Waals surface area (Å²) in [6.45, 7) is 5.04. The topological polar surface area (TPSA) is 21.3 Å². The highest BCUT2D eigenvalue weighted by molar-refractivity contribution is 6.33. The number of hydrogen-bond acceptors (Lipinski definition) is 2. The molecule has 2 aliphatic carbocycles. The molecule has 2 aliphatic rings. The summed E-state index contributed by atoms with van der Waals surface area (Å²) < 4.78 is 6.02. The zero-order valence-corrected chi connectivity index (χ0v) is 13.9. The lowest BCUT2D eigenvalue weighted by Gasteiger charge is -2.58. The van der Waals surface area contributed by atoms with Crippen LogP contribution < -0.4 is 5.32 Å². The Balaban J connectivity index is 1.77. The predicted octanol–water partition coefficient (Wildman–Crippen LogP) is 5.19. The number of anilines is 1. The van der Waals surface area contributed by atoms with E-state index in [1.807, 2.05) is 6.07 Å². The van der Waals surface area contributed by atoms with Crippen LogP contribution in [-0.2, 0) is 4.74 Å². The molecule has 2 nitrogen and oxygen atoms in total. The zero-order chi connectivity index (χ0) is 14.9. The van der Waals surface area contributed by atoms with Gasteiger partial charge in [-0.15, -0.1) is 0 Å². The van der Waals surface area contributed by atoms with Crippen molar-refractivity contribution in [2.24, 2.45) is 5.41 Å². The summed E-state index contributed by atoms with van der Waals surface area (Å²) >= 11 is 6.35. The number of aryl methyl sites for hydroxylation is 1. The van der Waals surface area contributed by atoms with Crippen LogP contribution in [0.3, 0.4) is 0 Å². The van der Waals surface area contributed by atoms with Crippen LogP contribution in [0.4, 0.5) is 5.69 Å². The normalized spacial score (nSPS) is 27.4. The van der Waals surface area contributed by atoms with E-state index >= 15 is 0 Å². The van der Waals surface area contributed by atoms with Crippen molar-refractivity contribution in [3.05, 3.63) is 28.8 Å². The second-order valence-corrected chi connectivity index (χ2v) is 7.06. The Morgan fingerprint density at radius 2 is 2.05 bits per heavy atom. The van der Waals surface area contributed by atoms with Gasteiger partial charge in [-0.25, -0.2) is 0 Å². The molecule has 0 saturated heterocycles. The standard InChI is InChI=1S/C18H26ClNO/c1-3-21-17-12-16(18(17)9-5-4-6-10-18)20-15-11-13(2)7-8-14(15)19/h7-8,11,16-17,20H,3-6,9-10,12H2,1-2H3. The molecule has 0 heterocycles. The molecule has 21 heavy (non-hydrogen) atoms. The second-order valence-electron chi connectivity index (χ2n) is 6.65. The fourth-order valence-electron chi connectivity index (χ4n) is 4.20. The monoisotopic (exact) mass is 307 g/mol. The first kappa shape index (κ1) is 15.2. The van der Waals surface area contributed by atoms with Crippen molar-refractivity contribution < 1.29 is 4.74 Å². The third kappa shape index (κ3) is 2.80. The highest BCUT2D eigenvalue weighted by Gasteiger charge is 2.55. The molecule has 2 atom stereocenters. The number of hydrogen-bond donors (Lipinski definition) is 1. The third-order valence-electron chi connectivity index (χ3n) is 5.39. The van der Waals surface area contributed by atoms with Crippen molar-refractivity contribution >= 4 is 17.3 Å². The van der Waals surface area contributed by atoms with Gasteiger partial charge in [0.2, 0.25) is 0 Å². The molecular formula is C18H26ClNO. The van der Waals surface area contributed by atoms with Crippen LogP contribution in [0.25, 0.3) is 0 Å². The van der Waals surface area contributed by atoms with Gasteiger partial charge in [0.1, 0.15) is 0 Å². The van der Waals surface area contributed by atoms with Crippen LogP contribution in [0.15, 0.2) is 18.2 Å². The van der Waals surface area contributed by atoms with Crippen LogP contribution in [-0.4, -0.2) is 18.8 Å². The Bertz CT molecular complexity index is 496. The van der Waals surface area contributed by atoms with Gasteiger partial charge >= 0.3 is 0 Å². The average molecular weight is 308 g/mol. The molecule has 2 saturated carbocycles. The lowest BCUT2D eigenvalue weighted by Crippen LogP contribution is -2.62. The van der Waals surface area contributed by atoms with Crippen molar-refractivity contribution in [3.63, 3.8) is 0 Å². The van der Waals surface area contributed by atoms with E-state index < -0.39 is 0 Å². The lowest BCUT2D eigenvalue weighted by atomic mass is 9.55. The molecule has 0 amide bonds. The molecule has 0 aliphatic heterocycles. The van der Waals surface area contributed by atoms with E-state index in [0.29, 0.717) is 17.6 Å². The van der Waals surface area contributed by atoms with Gasteiger partial charge < -0.3 is 10.1 Å². The number of rotatable bonds is 4. The van der Waals surface area contributed by atoms with Crippen molar-refractivity contribution in [1.82, 2.24) is 0 Å². The predicted molar refractivity (Wildman–Crippen MR) is 89.1 cm³/mol. The first-order valence-electron chi connectivity index (χ1n) is 8.30. The van der Waals surface area contributed by atoms with Gasteiger partial charge in [0.05, 0.1) is 16.8 Å². The maximum Gasteiger partial charge on any atom is 0.0670 e. The van der Waals surface area contributed by atoms with Crippen molar-refractivity contribution in [2.45, 2.75) is 64.5 Å². The van der Waals surface area contributed by atoms with Gasteiger partial charge in [0.25, 0.3) is 0 Å². The Morgan fingerprint density at radius 1 is 1.29 bits per heavy atom. The highest BCUT2D eigenvalue weighted by atomic mass is 35.5. The summed E-state index contributed by atoms with van der Waals surface area (Å²) in [6.07, 6.45) is 8.17. The van der Waals surface area contributed by atoms with E-state index in [2.05, 4.69) is 31.3 Å². The van der Waals surface area contributed by atoms with Crippen LogP contribution >= 0.6 is 11.6 Å². The van der Waals surface area contributed by atoms with Gasteiger partial charge in [-0.2, -0.15) is 0 Å². The minimum Gasteiger partial charge on any atom is -0.380 e. The summed E-state index contributed by atoms with van der Waals surface area (Å²) in [5.74, 6) is 0. The third-order valence-corrected chi connectivity index (χ3v) is 5.72. The van der Waals surface area contributed by atoms with E-state index in [1.54, 1.807) is 0 Å². The van der Waals surface area contributed by atoms with E-state index in [1.165, 1.54) is 37.7 Å². The average Bonchev–Trinajstić information content (AvgIpc) is 2.50. The van der Waals surface area contributed by atoms with Crippen LogP contribution in [0, 0.1) is 12.3 Å². The zero-order valence-electron chi connectivity index (χ0n) is 13.1. The Kier molecular flexibility index (Phi) is 4.46. The first-order chi connectivity index (χ1) is 10.2. The molecule has 3 heteroatoms. The maximum atomic E-state index is 6.35. The van der Waals surface area contributed by atoms with Gasteiger partial charge in [-0.05, 0) is 50.8 Å². The SMILES string of the molecule is CCOC1CC(Nc2cc(C)ccc2Cl)C12CCCCC2. The van der Waals surface area contributed by atoms with Crippen molar-refractivity contribution in [3.8, 4) is 0 Å². The largest absolute Gasteiger partial charge is 0.380 e. The molecule has 3 rings (SSSR count). The van der Waals surface area contributed by atoms with Gasteiger partial charge in [0, 0.05) is 18.1 Å². The Hall–Kier alpha value is -0.730. The molecule has 0 radical (unpaired) electrons. The van der Waals surface area contributed by atoms with Gasteiger partial charge in [0.15, 0.2) is 0 Å². The van der Waals surface area contributed by atoms with Crippen molar-refractivity contribution in [2.75, 3.05) is 11.9 Å². The minimum atomic E-state index is 0.335. The van der Waals surface area contributed by atoms with Gasteiger partial charge in [-0.1, -0.05) is 36.9 Å². The van der Waals surface area contributed by atoms with Crippen molar-refractivity contribution in [1.29, 1.82) is 0 Å². The maximum absolute atomic E-state index is 6.35. The summed E-state index contributed by atoms with van der Waals surface area (Å²) in [5.41, 5.74) is 2.67. The van der Waals surface area contributed by atoms with E-state index in [9.17, 15) is 0 Å². The molecule has 0 aromatic heterocycles. The van der Waals surface area contributed by atoms with Crippen LogP contribution in [0.2, 0.25) is 5.02 Å². The lowest BCUT2D eigenvalue weighted by molar-refractivity contribution is -0.134. The number of nitrogens with one attached hydrogen (secondary N) is 1. The Morgan fingerprint density at radius 3 is 2.76 bits per heavy atom. The fraction of sp³-hybridized carbons (Fsp3) is 0.667. The molecule has 0 bridgehead atoms. The molecule has 1 aromatic carbocycles. The van der Waals surface area contributed by atoms with E-state index in [-0.39, 0.29) is 0 Å². The molecule has 1 aromatic rings. The van der Waals surface area contributed by atoms with Crippen LogP contribution in [0.1, 0.15) is 51.0 Å². The molecule has 2 fully saturated rings. The molecular weight excluding hydrogens is 282 g/mol. The van der Waals surface area contributed by atoms with Crippen LogP contribution in [0.5, 0.6) is 0 Å². The summed E-state index contributed by atoms with van der Waals surface area (Å²) in [7, 11) is 0. The number of ether oxygens (including phenoxy) is 1. The van der Waals surface area contributed by atoms with E-state index in [0.717, 1.165) is 23.7 Å². The quantitative estimate of drug-likeness (QED) is 0.826. The Labute approximate surface area is 133 Å². The molecule has 2 unspecified atom stereocenters. The highest BCUT2D eigenvalue weighted by Crippen LogP contribution is 2.54.